The van der Waals surface area contributed by atoms with E-state index in [4.69, 9.17) is 16.0 Å². The lowest BCUT2D eigenvalue weighted by molar-refractivity contribution is -0.114. The molecular weight excluding hydrogens is 404 g/mol. The molecule has 0 bridgehead atoms. The van der Waals surface area contributed by atoms with Gasteiger partial charge in [0.2, 0.25) is 14.9 Å². The zero-order chi connectivity index (χ0) is 19.7. The van der Waals surface area contributed by atoms with E-state index in [0.29, 0.717) is 16.5 Å². The summed E-state index contributed by atoms with van der Waals surface area (Å²) in [4.78, 5) is 16.6. The van der Waals surface area contributed by atoms with Gasteiger partial charge in [-0.05, 0) is 48.5 Å². The topological polar surface area (TPSA) is 105 Å². The molecule has 0 saturated heterocycles. The van der Waals surface area contributed by atoms with Crippen LogP contribution in [0, 0.1) is 0 Å². The van der Waals surface area contributed by atoms with Gasteiger partial charge in [-0.2, -0.15) is 0 Å². The maximum Gasteiger partial charge on any atom is 0.284 e. The zero-order valence-electron chi connectivity index (χ0n) is 14.2. The van der Waals surface area contributed by atoms with Crippen LogP contribution in [0.3, 0.4) is 0 Å². The van der Waals surface area contributed by atoms with Crippen molar-refractivity contribution in [3.05, 3.63) is 71.8 Å². The van der Waals surface area contributed by atoms with Gasteiger partial charge in [-0.3, -0.25) is 4.79 Å². The van der Waals surface area contributed by atoms with Crippen LogP contribution in [0.4, 0.5) is 11.5 Å². The summed E-state index contributed by atoms with van der Waals surface area (Å²) < 4.78 is 31.0. The summed E-state index contributed by atoms with van der Waals surface area (Å²) in [5.41, 5.74) is 0.510. The molecule has 0 saturated carbocycles. The van der Waals surface area contributed by atoms with E-state index in [0.717, 1.165) is 0 Å². The third-order valence-electron chi connectivity index (χ3n) is 3.96. The molecule has 8 nitrogen and oxygen atoms in total. The van der Waals surface area contributed by atoms with Crippen molar-refractivity contribution in [2.24, 2.45) is 5.10 Å². The standard InChI is InChI=1S/C18H13ClN4O4S/c19-12-5-7-13(8-6-12)23-16-15(4-1-9-20-16)28(25,26)18(22-23)17(24)21-11-14-3-2-10-27-14/h1-10H,11H2,(H,21,24). The number of furan rings is 1. The van der Waals surface area contributed by atoms with Crippen LogP contribution in [0.5, 0.6) is 0 Å². The maximum atomic E-state index is 12.9. The minimum Gasteiger partial charge on any atom is -0.467 e. The van der Waals surface area contributed by atoms with Gasteiger partial charge in [0.05, 0.1) is 18.5 Å². The van der Waals surface area contributed by atoms with Crippen LogP contribution in [0.1, 0.15) is 5.76 Å². The number of pyridine rings is 1. The Morgan fingerprint density at radius 1 is 1.14 bits per heavy atom. The highest BCUT2D eigenvalue weighted by Gasteiger charge is 2.38. The molecule has 0 aliphatic carbocycles. The minimum atomic E-state index is -4.15. The molecule has 2 aromatic heterocycles. The van der Waals surface area contributed by atoms with E-state index in [1.807, 2.05) is 0 Å². The van der Waals surface area contributed by atoms with Crippen LogP contribution in [-0.4, -0.2) is 24.4 Å². The monoisotopic (exact) mass is 416 g/mol. The van der Waals surface area contributed by atoms with Gasteiger partial charge >= 0.3 is 0 Å². The number of hydrogen-bond acceptors (Lipinski definition) is 7. The second-order valence-corrected chi connectivity index (χ2v) is 8.05. The number of hydrogen-bond donors (Lipinski definition) is 1. The van der Waals surface area contributed by atoms with Crippen molar-refractivity contribution >= 4 is 43.9 Å². The molecule has 1 aromatic carbocycles. The van der Waals surface area contributed by atoms with E-state index in [-0.39, 0.29) is 17.3 Å². The maximum absolute atomic E-state index is 12.9. The van der Waals surface area contributed by atoms with Crippen molar-refractivity contribution < 1.29 is 17.6 Å². The highest BCUT2D eigenvalue weighted by Crippen LogP contribution is 2.35. The van der Waals surface area contributed by atoms with Crippen molar-refractivity contribution in [3.8, 4) is 0 Å². The molecule has 10 heteroatoms. The van der Waals surface area contributed by atoms with Gasteiger partial charge in [-0.25, -0.2) is 18.4 Å². The molecule has 1 aliphatic heterocycles. The number of amides is 1. The largest absolute Gasteiger partial charge is 0.467 e. The number of carbonyl (C=O) groups excluding carboxylic acids is 1. The van der Waals surface area contributed by atoms with E-state index in [9.17, 15) is 13.2 Å². The highest BCUT2D eigenvalue weighted by molar-refractivity contribution is 8.08. The van der Waals surface area contributed by atoms with Crippen LogP contribution in [0.2, 0.25) is 5.02 Å². The molecule has 4 rings (SSSR count). The van der Waals surface area contributed by atoms with Gasteiger partial charge in [-0.1, -0.05) is 11.6 Å². The lowest BCUT2D eigenvalue weighted by Crippen LogP contribution is -2.40. The molecule has 28 heavy (non-hydrogen) atoms. The van der Waals surface area contributed by atoms with E-state index >= 15 is 0 Å². The molecule has 0 atom stereocenters. The first-order chi connectivity index (χ1) is 13.5. The molecule has 142 valence electrons. The summed E-state index contributed by atoms with van der Waals surface area (Å²) in [6.45, 7) is 0.0290. The van der Waals surface area contributed by atoms with Gasteiger partial charge in [0.1, 0.15) is 10.7 Å². The lowest BCUT2D eigenvalue weighted by Gasteiger charge is -2.25. The van der Waals surface area contributed by atoms with Crippen LogP contribution < -0.4 is 10.3 Å². The summed E-state index contributed by atoms with van der Waals surface area (Å²) >= 11 is 5.93. The first-order valence-electron chi connectivity index (χ1n) is 8.12. The predicted octanol–water partition coefficient (Wildman–Crippen LogP) is 2.88. The summed E-state index contributed by atoms with van der Waals surface area (Å²) in [6, 6.07) is 12.8. The third kappa shape index (κ3) is 3.25. The first-order valence-corrected chi connectivity index (χ1v) is 9.98. The smallest absolute Gasteiger partial charge is 0.284 e. The average molecular weight is 417 g/mol. The van der Waals surface area contributed by atoms with E-state index in [1.54, 1.807) is 36.4 Å². The van der Waals surface area contributed by atoms with Crippen molar-refractivity contribution in [2.75, 3.05) is 5.01 Å². The Bertz CT molecular complexity index is 1160. The molecule has 3 aromatic rings. The molecule has 0 radical (unpaired) electrons. The molecule has 1 amide bonds. The fourth-order valence-electron chi connectivity index (χ4n) is 2.63. The highest BCUT2D eigenvalue weighted by atomic mass is 35.5. The van der Waals surface area contributed by atoms with Gasteiger partial charge < -0.3 is 9.73 Å². The van der Waals surface area contributed by atoms with Crippen molar-refractivity contribution in [3.63, 3.8) is 0 Å². The predicted molar refractivity (Wildman–Crippen MR) is 103 cm³/mol. The second-order valence-electron chi connectivity index (χ2n) is 5.78. The molecule has 0 fully saturated rings. The second kappa shape index (κ2) is 7.10. The molecule has 0 spiro atoms. The van der Waals surface area contributed by atoms with E-state index < -0.39 is 20.8 Å². The molecule has 0 unspecified atom stereocenters. The minimum absolute atomic E-state index is 0.0290. The van der Waals surface area contributed by atoms with Crippen molar-refractivity contribution in [2.45, 2.75) is 11.4 Å². The zero-order valence-corrected chi connectivity index (χ0v) is 15.8. The van der Waals surface area contributed by atoms with Crippen LogP contribution >= 0.6 is 11.6 Å². The Balaban J connectivity index is 1.76. The Hall–Kier alpha value is -3.17. The van der Waals surface area contributed by atoms with Gasteiger partial charge in [0.25, 0.3) is 5.91 Å². The van der Waals surface area contributed by atoms with Crippen LogP contribution in [-0.2, 0) is 21.2 Å². The average Bonchev–Trinajstić information content (AvgIpc) is 3.21. The Kier molecular flexibility index (Phi) is 4.62. The number of sulfone groups is 1. The normalized spacial score (nSPS) is 14.9. The first kappa shape index (κ1) is 18.2. The number of rotatable bonds is 4. The van der Waals surface area contributed by atoms with E-state index in [2.05, 4.69) is 15.4 Å². The molecule has 3 heterocycles. The number of halogens is 1. The van der Waals surface area contributed by atoms with Crippen molar-refractivity contribution in [1.82, 2.24) is 10.3 Å². The number of carbonyl (C=O) groups is 1. The fourth-order valence-corrected chi connectivity index (χ4v) is 4.11. The van der Waals surface area contributed by atoms with Gasteiger partial charge in [-0.15, -0.1) is 5.10 Å². The number of hydrazone groups is 1. The SMILES string of the molecule is O=C(NCc1ccco1)C1=NN(c2ccc(Cl)cc2)c2ncccc2S1(=O)=O. The fraction of sp³-hybridized carbons (Fsp3) is 0.0556. The Morgan fingerprint density at radius 3 is 2.64 bits per heavy atom. The van der Waals surface area contributed by atoms with Crippen LogP contribution in [0.15, 0.2) is 75.4 Å². The number of nitrogens with one attached hydrogen (secondary N) is 1. The van der Waals surface area contributed by atoms with Crippen LogP contribution in [0.25, 0.3) is 0 Å². The lowest BCUT2D eigenvalue weighted by atomic mass is 10.3. The molecular formula is C18H13ClN4O4S. The third-order valence-corrected chi connectivity index (χ3v) is 5.88. The Labute approximate surface area is 165 Å². The summed E-state index contributed by atoms with van der Waals surface area (Å²) in [7, 11) is -4.15. The van der Waals surface area contributed by atoms with Gasteiger partial charge in [0.15, 0.2) is 5.82 Å². The van der Waals surface area contributed by atoms with Crippen molar-refractivity contribution in [1.29, 1.82) is 0 Å². The number of anilines is 2. The number of benzene rings is 1. The summed E-state index contributed by atoms with van der Waals surface area (Å²) in [5, 5.41) is 7.78. The number of fused-ring (bicyclic) bond motifs is 1. The summed E-state index contributed by atoms with van der Waals surface area (Å²) in [5.74, 6) is -0.254. The number of nitrogens with zero attached hydrogens (tertiary/aromatic N) is 3. The number of aromatic nitrogens is 1. The molecule has 1 aliphatic rings. The Morgan fingerprint density at radius 2 is 1.93 bits per heavy atom. The van der Waals surface area contributed by atoms with E-state index in [1.165, 1.54) is 29.6 Å². The quantitative estimate of drug-likeness (QED) is 0.701. The summed E-state index contributed by atoms with van der Waals surface area (Å²) in [6.07, 6.45) is 2.91. The molecule has 1 N–H and O–H groups in total. The van der Waals surface area contributed by atoms with Gasteiger partial charge in [0, 0.05) is 11.2 Å².